The lowest BCUT2D eigenvalue weighted by Crippen LogP contribution is -2.54. The number of nitrogens with two attached hydrogens (primary N) is 1. The SMILES string of the molecule is COc1ccc(S(=O)(=O)NC2(CO)CCOCC2)cc1N. The van der Waals surface area contributed by atoms with E-state index in [1.165, 1.54) is 25.3 Å². The minimum Gasteiger partial charge on any atom is -0.495 e. The third-order valence-corrected chi connectivity index (χ3v) is 5.19. The first-order chi connectivity index (χ1) is 9.92. The summed E-state index contributed by atoms with van der Waals surface area (Å²) in [6.45, 7) is 0.545. The molecule has 118 valence electrons. The number of hydrogen-bond acceptors (Lipinski definition) is 6. The number of rotatable bonds is 5. The van der Waals surface area contributed by atoms with Crippen LogP contribution in [0.25, 0.3) is 0 Å². The van der Waals surface area contributed by atoms with Crippen LogP contribution in [-0.4, -0.2) is 46.0 Å². The van der Waals surface area contributed by atoms with Crippen molar-refractivity contribution < 1.29 is 23.0 Å². The highest BCUT2D eigenvalue weighted by Gasteiger charge is 2.36. The fourth-order valence-electron chi connectivity index (χ4n) is 2.28. The van der Waals surface area contributed by atoms with E-state index in [-0.39, 0.29) is 17.2 Å². The Kier molecular flexibility index (Phi) is 4.72. The van der Waals surface area contributed by atoms with Crippen LogP contribution in [0.3, 0.4) is 0 Å². The minimum atomic E-state index is -3.78. The molecule has 0 unspecified atom stereocenters. The van der Waals surface area contributed by atoms with Crippen LogP contribution in [0, 0.1) is 0 Å². The topological polar surface area (TPSA) is 111 Å². The summed E-state index contributed by atoms with van der Waals surface area (Å²) >= 11 is 0. The second-order valence-corrected chi connectivity index (χ2v) is 6.74. The van der Waals surface area contributed by atoms with E-state index in [4.69, 9.17) is 15.2 Å². The number of nitrogen functional groups attached to an aromatic ring is 1. The van der Waals surface area contributed by atoms with Crippen molar-refractivity contribution in [3.63, 3.8) is 0 Å². The number of hydrogen-bond donors (Lipinski definition) is 3. The molecule has 1 fully saturated rings. The summed E-state index contributed by atoms with van der Waals surface area (Å²) in [7, 11) is -2.32. The van der Waals surface area contributed by atoms with E-state index in [2.05, 4.69) is 4.72 Å². The highest BCUT2D eigenvalue weighted by molar-refractivity contribution is 7.89. The van der Waals surface area contributed by atoms with E-state index in [9.17, 15) is 13.5 Å². The molecule has 0 aliphatic carbocycles. The fraction of sp³-hybridized carbons (Fsp3) is 0.538. The summed E-state index contributed by atoms with van der Waals surface area (Å²) in [5.74, 6) is 0.414. The molecule has 2 rings (SSSR count). The number of anilines is 1. The molecule has 0 spiro atoms. The van der Waals surface area contributed by atoms with Crippen molar-refractivity contribution in [1.29, 1.82) is 0 Å². The number of benzene rings is 1. The van der Waals surface area contributed by atoms with Gasteiger partial charge in [-0.15, -0.1) is 0 Å². The molecule has 4 N–H and O–H groups in total. The summed E-state index contributed by atoms with van der Waals surface area (Å²) in [5.41, 5.74) is 5.10. The van der Waals surface area contributed by atoms with Gasteiger partial charge < -0.3 is 20.3 Å². The lowest BCUT2D eigenvalue weighted by molar-refractivity contribution is 0.0223. The van der Waals surface area contributed by atoms with Crippen molar-refractivity contribution in [3.8, 4) is 5.75 Å². The van der Waals surface area contributed by atoms with Gasteiger partial charge in [-0.1, -0.05) is 0 Å². The van der Waals surface area contributed by atoms with Crippen molar-refractivity contribution in [2.75, 3.05) is 32.7 Å². The molecule has 1 aromatic carbocycles. The van der Waals surface area contributed by atoms with E-state index in [0.29, 0.717) is 31.8 Å². The standard InChI is InChI=1S/C13H20N2O5S/c1-19-12-3-2-10(8-11(12)14)21(17,18)15-13(9-16)4-6-20-7-5-13/h2-3,8,15-16H,4-7,9,14H2,1H3. The van der Waals surface area contributed by atoms with Crippen LogP contribution in [-0.2, 0) is 14.8 Å². The summed E-state index contributed by atoms with van der Waals surface area (Å²) < 4.78 is 37.7. The molecular weight excluding hydrogens is 296 g/mol. The molecule has 7 nitrogen and oxygen atoms in total. The molecule has 0 atom stereocenters. The van der Waals surface area contributed by atoms with Gasteiger partial charge >= 0.3 is 0 Å². The number of sulfonamides is 1. The van der Waals surface area contributed by atoms with Crippen molar-refractivity contribution >= 4 is 15.7 Å². The maximum absolute atomic E-state index is 12.5. The van der Waals surface area contributed by atoms with E-state index < -0.39 is 15.6 Å². The Balaban J connectivity index is 2.27. The quantitative estimate of drug-likeness (QED) is 0.664. The molecular formula is C13H20N2O5S. The average Bonchev–Trinajstić information content (AvgIpc) is 2.47. The smallest absolute Gasteiger partial charge is 0.241 e. The first kappa shape index (κ1) is 16.0. The summed E-state index contributed by atoms with van der Waals surface area (Å²) in [6, 6.07) is 4.26. The van der Waals surface area contributed by atoms with Gasteiger partial charge in [0.25, 0.3) is 0 Å². The Morgan fingerprint density at radius 2 is 2.10 bits per heavy atom. The number of nitrogens with one attached hydrogen (secondary N) is 1. The number of methoxy groups -OCH3 is 1. The maximum atomic E-state index is 12.5. The zero-order valence-electron chi connectivity index (χ0n) is 11.8. The first-order valence-electron chi connectivity index (χ1n) is 6.58. The second kappa shape index (κ2) is 6.18. The van der Waals surface area contributed by atoms with Gasteiger partial charge in [-0.3, -0.25) is 0 Å². The average molecular weight is 316 g/mol. The summed E-state index contributed by atoms with van der Waals surface area (Å²) in [5, 5.41) is 9.56. The Bertz CT molecular complexity index is 597. The largest absolute Gasteiger partial charge is 0.495 e. The van der Waals surface area contributed by atoms with Gasteiger partial charge in [0.2, 0.25) is 10.0 Å². The van der Waals surface area contributed by atoms with Crippen molar-refractivity contribution in [3.05, 3.63) is 18.2 Å². The normalized spacial score (nSPS) is 18.4. The Morgan fingerprint density at radius 3 is 2.62 bits per heavy atom. The Morgan fingerprint density at radius 1 is 1.43 bits per heavy atom. The first-order valence-corrected chi connectivity index (χ1v) is 8.07. The van der Waals surface area contributed by atoms with E-state index in [1.54, 1.807) is 0 Å². The number of aliphatic hydroxyl groups is 1. The molecule has 0 radical (unpaired) electrons. The molecule has 1 heterocycles. The minimum absolute atomic E-state index is 0.0418. The van der Waals surface area contributed by atoms with Crippen LogP contribution in [0.2, 0.25) is 0 Å². The fourth-order valence-corrected chi connectivity index (χ4v) is 3.76. The molecule has 0 saturated carbocycles. The van der Waals surface area contributed by atoms with E-state index in [1.807, 2.05) is 0 Å². The van der Waals surface area contributed by atoms with Crippen LogP contribution in [0.4, 0.5) is 5.69 Å². The highest BCUT2D eigenvalue weighted by atomic mass is 32.2. The summed E-state index contributed by atoms with van der Waals surface area (Å²) in [6.07, 6.45) is 0.850. The predicted octanol–water partition coefficient (Wildman–Crippen LogP) is 0.0972. The third-order valence-electron chi connectivity index (χ3n) is 3.61. The van der Waals surface area contributed by atoms with Crippen molar-refractivity contribution in [2.45, 2.75) is 23.3 Å². The van der Waals surface area contributed by atoms with Gasteiger partial charge in [-0.2, -0.15) is 0 Å². The molecule has 0 bridgehead atoms. The van der Waals surface area contributed by atoms with Gasteiger partial charge in [0.05, 0.1) is 29.8 Å². The number of aliphatic hydroxyl groups excluding tert-OH is 1. The molecule has 1 aliphatic rings. The summed E-state index contributed by atoms with van der Waals surface area (Å²) in [4.78, 5) is 0.0418. The molecule has 1 saturated heterocycles. The van der Waals surface area contributed by atoms with Crippen LogP contribution in [0.15, 0.2) is 23.1 Å². The van der Waals surface area contributed by atoms with Gasteiger partial charge in [0.15, 0.2) is 0 Å². The van der Waals surface area contributed by atoms with Gasteiger partial charge in [-0.25, -0.2) is 13.1 Å². The predicted molar refractivity (Wildman–Crippen MR) is 77.6 cm³/mol. The molecule has 1 aromatic rings. The number of ether oxygens (including phenoxy) is 2. The van der Waals surface area contributed by atoms with Crippen LogP contribution < -0.4 is 15.2 Å². The lowest BCUT2D eigenvalue weighted by Gasteiger charge is -2.35. The van der Waals surface area contributed by atoms with Crippen LogP contribution >= 0.6 is 0 Å². The maximum Gasteiger partial charge on any atom is 0.241 e. The highest BCUT2D eigenvalue weighted by Crippen LogP contribution is 2.27. The zero-order chi connectivity index (χ0) is 15.5. The van der Waals surface area contributed by atoms with Crippen LogP contribution in [0.5, 0.6) is 5.75 Å². The van der Waals surface area contributed by atoms with Gasteiger partial charge in [-0.05, 0) is 31.0 Å². The van der Waals surface area contributed by atoms with Gasteiger partial charge in [0.1, 0.15) is 5.75 Å². The molecule has 8 heteroatoms. The molecule has 0 amide bonds. The Labute approximate surface area is 124 Å². The molecule has 1 aliphatic heterocycles. The third kappa shape index (κ3) is 3.46. The Hall–Kier alpha value is -1.35. The molecule has 21 heavy (non-hydrogen) atoms. The monoisotopic (exact) mass is 316 g/mol. The molecule has 0 aromatic heterocycles. The second-order valence-electron chi connectivity index (χ2n) is 5.06. The van der Waals surface area contributed by atoms with Crippen molar-refractivity contribution in [2.24, 2.45) is 0 Å². The van der Waals surface area contributed by atoms with Crippen LogP contribution in [0.1, 0.15) is 12.8 Å². The van der Waals surface area contributed by atoms with E-state index in [0.717, 1.165) is 0 Å². The van der Waals surface area contributed by atoms with Crippen molar-refractivity contribution in [1.82, 2.24) is 4.72 Å². The lowest BCUT2D eigenvalue weighted by atomic mass is 9.93. The zero-order valence-corrected chi connectivity index (χ0v) is 12.6. The van der Waals surface area contributed by atoms with E-state index >= 15 is 0 Å². The van der Waals surface area contributed by atoms with Gasteiger partial charge in [0, 0.05) is 13.2 Å².